The van der Waals surface area contributed by atoms with Crippen molar-refractivity contribution >= 4 is 28.9 Å². The van der Waals surface area contributed by atoms with Crippen LogP contribution in [0.4, 0.5) is 11.4 Å². The van der Waals surface area contributed by atoms with Crippen molar-refractivity contribution in [2.75, 3.05) is 10.6 Å². The maximum Gasteiger partial charge on any atom is 0.267 e. The molecule has 0 spiro atoms. The molecule has 134 valence electrons. The number of carbonyl (C=O) groups excluding carboxylic acids is 1. The van der Waals surface area contributed by atoms with Crippen molar-refractivity contribution in [2.24, 2.45) is 0 Å². The molecule has 2 rings (SSSR count). The number of carbonyl (C=O) groups is 1. The zero-order valence-corrected chi connectivity index (χ0v) is 16.1. The summed E-state index contributed by atoms with van der Waals surface area (Å²) in [6.45, 7) is 7.98. The van der Waals surface area contributed by atoms with Crippen molar-refractivity contribution in [3.05, 3.63) is 69.9 Å². The van der Waals surface area contributed by atoms with Crippen LogP contribution in [0.2, 0.25) is 5.02 Å². The highest BCUT2D eigenvalue weighted by molar-refractivity contribution is 6.30. The Hall–Kier alpha value is -2.77. The molecule has 2 N–H and O–H groups in total. The Labute approximate surface area is 159 Å². The minimum absolute atomic E-state index is 0.0117. The molecule has 5 heteroatoms. The molecule has 0 unspecified atom stereocenters. The number of anilines is 2. The minimum atomic E-state index is -0.448. The van der Waals surface area contributed by atoms with Crippen LogP contribution in [0.5, 0.6) is 0 Å². The second-order valence-corrected chi connectivity index (χ2v) is 6.86. The number of nitriles is 1. The van der Waals surface area contributed by atoms with Gasteiger partial charge < -0.3 is 10.6 Å². The highest BCUT2D eigenvalue weighted by atomic mass is 35.5. The van der Waals surface area contributed by atoms with E-state index in [1.165, 1.54) is 6.20 Å². The van der Waals surface area contributed by atoms with Gasteiger partial charge in [0.05, 0.1) is 0 Å². The van der Waals surface area contributed by atoms with Gasteiger partial charge in [-0.05, 0) is 48.6 Å². The van der Waals surface area contributed by atoms with Crippen LogP contribution in [-0.4, -0.2) is 5.91 Å². The number of hydrogen-bond acceptors (Lipinski definition) is 3. The molecule has 0 bridgehead atoms. The van der Waals surface area contributed by atoms with Gasteiger partial charge in [-0.2, -0.15) is 5.26 Å². The van der Waals surface area contributed by atoms with Gasteiger partial charge in [0.2, 0.25) is 0 Å². The molecule has 0 aromatic heterocycles. The van der Waals surface area contributed by atoms with Crippen LogP contribution in [0.15, 0.2) is 48.2 Å². The molecule has 26 heavy (non-hydrogen) atoms. The Morgan fingerprint density at radius 3 is 2.58 bits per heavy atom. The van der Waals surface area contributed by atoms with Crippen molar-refractivity contribution in [1.82, 2.24) is 0 Å². The third-order valence-electron chi connectivity index (χ3n) is 4.10. The van der Waals surface area contributed by atoms with Gasteiger partial charge in [0.15, 0.2) is 0 Å². The highest BCUT2D eigenvalue weighted by Gasteiger charge is 2.15. The summed E-state index contributed by atoms with van der Waals surface area (Å²) in [5.41, 5.74) is 4.45. The lowest BCUT2D eigenvalue weighted by Gasteiger charge is -2.16. The van der Waals surface area contributed by atoms with E-state index in [9.17, 15) is 10.1 Å². The first-order valence-electron chi connectivity index (χ1n) is 8.37. The van der Waals surface area contributed by atoms with Crippen LogP contribution in [0.25, 0.3) is 0 Å². The fourth-order valence-corrected chi connectivity index (χ4v) is 2.74. The standard InChI is InChI=1S/C21H22ClN3O/c1-13(2)18-7-5-6-15(4)20(18)25-21(26)16(11-23)12-24-19-10-17(22)9-8-14(19)3/h5-10,12-13,24H,1-4H3,(H,25,26)/b16-12-. The summed E-state index contributed by atoms with van der Waals surface area (Å²) in [7, 11) is 0. The number of rotatable bonds is 5. The van der Waals surface area contributed by atoms with Gasteiger partial charge in [0.25, 0.3) is 5.91 Å². The fraction of sp³-hybridized carbons (Fsp3) is 0.238. The maximum absolute atomic E-state index is 12.6. The summed E-state index contributed by atoms with van der Waals surface area (Å²) in [5, 5.41) is 15.8. The monoisotopic (exact) mass is 367 g/mol. The summed E-state index contributed by atoms with van der Waals surface area (Å²) < 4.78 is 0. The van der Waals surface area contributed by atoms with Crippen molar-refractivity contribution in [2.45, 2.75) is 33.6 Å². The summed E-state index contributed by atoms with van der Waals surface area (Å²) in [5.74, 6) is -0.192. The van der Waals surface area contributed by atoms with Gasteiger partial charge >= 0.3 is 0 Å². The molecule has 0 atom stereocenters. The molecular formula is C21H22ClN3O. The maximum atomic E-state index is 12.6. The van der Waals surface area contributed by atoms with Gasteiger partial charge in [0.1, 0.15) is 11.6 Å². The lowest BCUT2D eigenvalue weighted by Crippen LogP contribution is -2.17. The van der Waals surface area contributed by atoms with Gasteiger partial charge in [0, 0.05) is 22.6 Å². The number of nitrogens with one attached hydrogen (secondary N) is 2. The highest BCUT2D eigenvalue weighted by Crippen LogP contribution is 2.28. The van der Waals surface area contributed by atoms with E-state index in [0.29, 0.717) is 5.02 Å². The second kappa shape index (κ2) is 8.55. The molecule has 0 aliphatic rings. The third kappa shape index (κ3) is 4.65. The van der Waals surface area contributed by atoms with E-state index < -0.39 is 5.91 Å². The predicted octanol–water partition coefficient (Wildman–Crippen LogP) is 5.54. The molecule has 0 radical (unpaired) electrons. The van der Waals surface area contributed by atoms with E-state index in [2.05, 4.69) is 24.5 Å². The van der Waals surface area contributed by atoms with Gasteiger partial charge in [-0.3, -0.25) is 4.79 Å². The Bertz CT molecular complexity index is 895. The largest absolute Gasteiger partial charge is 0.360 e. The van der Waals surface area contributed by atoms with Gasteiger partial charge in [-0.15, -0.1) is 0 Å². The molecule has 1 amide bonds. The van der Waals surface area contributed by atoms with E-state index in [1.807, 2.05) is 44.2 Å². The smallest absolute Gasteiger partial charge is 0.267 e. The Balaban J connectivity index is 2.25. The van der Waals surface area contributed by atoms with Crippen molar-refractivity contribution < 1.29 is 4.79 Å². The average Bonchev–Trinajstić information content (AvgIpc) is 2.59. The molecule has 0 saturated heterocycles. The van der Waals surface area contributed by atoms with E-state index in [-0.39, 0.29) is 11.5 Å². The van der Waals surface area contributed by atoms with Crippen LogP contribution >= 0.6 is 11.6 Å². The lowest BCUT2D eigenvalue weighted by molar-refractivity contribution is -0.112. The number of amides is 1. The first kappa shape index (κ1) is 19.6. The summed E-state index contributed by atoms with van der Waals surface area (Å²) in [6, 6.07) is 13.2. The molecule has 4 nitrogen and oxygen atoms in total. The SMILES string of the molecule is Cc1ccc(Cl)cc1N/C=C(/C#N)C(=O)Nc1c(C)cccc1C(C)C. The molecule has 0 fully saturated rings. The van der Waals surface area contributed by atoms with E-state index in [0.717, 1.165) is 28.1 Å². The zero-order valence-electron chi connectivity index (χ0n) is 15.4. The second-order valence-electron chi connectivity index (χ2n) is 6.42. The topological polar surface area (TPSA) is 64.9 Å². The molecule has 0 aliphatic heterocycles. The van der Waals surface area contributed by atoms with Crippen LogP contribution in [0, 0.1) is 25.2 Å². The van der Waals surface area contributed by atoms with Crippen LogP contribution in [-0.2, 0) is 4.79 Å². The first-order valence-corrected chi connectivity index (χ1v) is 8.75. The number of hydrogen-bond donors (Lipinski definition) is 2. The van der Waals surface area contributed by atoms with Crippen LogP contribution < -0.4 is 10.6 Å². The van der Waals surface area contributed by atoms with E-state index >= 15 is 0 Å². The summed E-state index contributed by atoms with van der Waals surface area (Å²) in [6.07, 6.45) is 1.40. The predicted molar refractivity (Wildman–Crippen MR) is 107 cm³/mol. The van der Waals surface area contributed by atoms with Crippen LogP contribution in [0.1, 0.15) is 36.5 Å². The third-order valence-corrected chi connectivity index (χ3v) is 4.34. The van der Waals surface area contributed by atoms with Crippen molar-refractivity contribution in [3.8, 4) is 6.07 Å². The van der Waals surface area contributed by atoms with Gasteiger partial charge in [-0.25, -0.2) is 0 Å². The Morgan fingerprint density at radius 1 is 1.19 bits per heavy atom. The molecule has 0 aliphatic carbocycles. The summed E-state index contributed by atoms with van der Waals surface area (Å²) in [4.78, 5) is 12.6. The average molecular weight is 368 g/mol. The van der Waals surface area contributed by atoms with E-state index in [1.54, 1.807) is 12.1 Å². The zero-order chi connectivity index (χ0) is 19.3. The van der Waals surface area contributed by atoms with E-state index in [4.69, 9.17) is 11.6 Å². The van der Waals surface area contributed by atoms with Crippen molar-refractivity contribution in [3.63, 3.8) is 0 Å². The van der Waals surface area contributed by atoms with Gasteiger partial charge in [-0.1, -0.05) is 49.7 Å². The molecule has 2 aromatic carbocycles. The number of para-hydroxylation sites is 1. The first-order chi connectivity index (χ1) is 12.3. The fourth-order valence-electron chi connectivity index (χ4n) is 2.57. The van der Waals surface area contributed by atoms with Crippen LogP contribution in [0.3, 0.4) is 0 Å². The number of halogens is 1. The molecule has 2 aromatic rings. The number of nitrogens with zero attached hydrogens (tertiary/aromatic N) is 1. The minimum Gasteiger partial charge on any atom is -0.360 e. The lowest BCUT2D eigenvalue weighted by atomic mass is 9.98. The quantitative estimate of drug-likeness (QED) is 0.538. The number of benzene rings is 2. The molecule has 0 heterocycles. The summed E-state index contributed by atoms with van der Waals surface area (Å²) >= 11 is 6.00. The molecule has 0 saturated carbocycles. The Morgan fingerprint density at radius 2 is 1.92 bits per heavy atom. The number of aryl methyl sites for hydroxylation is 2. The normalized spacial score (nSPS) is 11.2. The van der Waals surface area contributed by atoms with Crippen molar-refractivity contribution in [1.29, 1.82) is 5.26 Å². The molecular weight excluding hydrogens is 346 g/mol. The Kier molecular flexibility index (Phi) is 6.43.